The molecule has 1 spiro atoms. The quantitative estimate of drug-likeness (QED) is 0.262. The van der Waals surface area contributed by atoms with Gasteiger partial charge in [-0.15, -0.1) is 0 Å². The van der Waals surface area contributed by atoms with E-state index in [0.29, 0.717) is 5.56 Å². The third-order valence-corrected chi connectivity index (χ3v) is 10.7. The Morgan fingerprint density at radius 2 is 1.59 bits per heavy atom. The summed E-state index contributed by atoms with van der Waals surface area (Å²) in [6.07, 6.45) is -8.88. The van der Waals surface area contributed by atoms with Crippen LogP contribution >= 0.6 is 0 Å². The highest BCUT2D eigenvalue weighted by molar-refractivity contribution is 5.90. The number of aromatic nitrogens is 1. The van der Waals surface area contributed by atoms with Gasteiger partial charge in [0.2, 0.25) is 0 Å². The Hall–Kier alpha value is -4.19. The molecule has 0 aromatic carbocycles. The highest BCUT2D eigenvalue weighted by atomic mass is 16.7. The Morgan fingerprint density at radius 1 is 0.961 bits per heavy atom. The maximum absolute atomic E-state index is 13.9. The SMILES string of the molecule is CC(=O)OC[C@]12[C@H](OC(C)=O)[C@@H](O)[C@@H]3[C@@H](O)[C@@]14O[C@@]3(C)COC(=O)c1cnccc1CCC(C)C(=O)O[C@@H]([C@H](OC(C)=O)[C@@H]2OC(C)=O)[C@]4(C)O. The van der Waals surface area contributed by atoms with Gasteiger partial charge < -0.3 is 48.5 Å². The Kier molecular flexibility index (Phi) is 10.0. The van der Waals surface area contributed by atoms with E-state index in [1.807, 2.05) is 0 Å². The van der Waals surface area contributed by atoms with Crippen molar-refractivity contribution in [1.29, 1.82) is 0 Å². The Morgan fingerprint density at radius 3 is 2.20 bits per heavy atom. The molecule has 0 amide bonds. The average Bonchev–Trinajstić information content (AvgIpc) is 3.24. The van der Waals surface area contributed by atoms with Crippen LogP contribution in [0.5, 0.6) is 0 Å². The fourth-order valence-corrected chi connectivity index (χ4v) is 8.60. The van der Waals surface area contributed by atoms with Crippen LogP contribution in [0.15, 0.2) is 18.5 Å². The van der Waals surface area contributed by atoms with E-state index in [1.165, 1.54) is 26.2 Å². The smallest absolute Gasteiger partial charge is 0.340 e. The largest absolute Gasteiger partial charge is 0.465 e. The zero-order valence-corrected chi connectivity index (χ0v) is 29.3. The molecule has 17 nitrogen and oxygen atoms in total. The summed E-state index contributed by atoms with van der Waals surface area (Å²) in [4.78, 5) is 82.4. The van der Waals surface area contributed by atoms with Crippen LogP contribution in [-0.4, -0.2) is 123 Å². The summed E-state index contributed by atoms with van der Waals surface area (Å²) in [6.45, 7) is 6.30. The number of carbonyl (C=O) groups is 6. The molecule has 4 bridgehead atoms. The number of cyclic esters (lactones) is 1. The number of aliphatic hydroxyl groups is 3. The van der Waals surface area contributed by atoms with Crippen molar-refractivity contribution in [3.8, 4) is 0 Å². The van der Waals surface area contributed by atoms with Crippen molar-refractivity contribution in [2.75, 3.05) is 13.2 Å². The maximum atomic E-state index is 13.9. The normalized spacial score (nSPS) is 40.4. The van der Waals surface area contributed by atoms with E-state index in [9.17, 15) is 44.1 Å². The number of nitrogens with zero attached hydrogens (tertiary/aromatic N) is 1. The van der Waals surface area contributed by atoms with Gasteiger partial charge in [-0.05, 0) is 38.3 Å². The van der Waals surface area contributed by atoms with Crippen molar-refractivity contribution in [2.24, 2.45) is 17.3 Å². The minimum absolute atomic E-state index is 0.0642. The molecule has 2 aliphatic carbocycles. The Balaban J connectivity index is 1.87. The van der Waals surface area contributed by atoms with Gasteiger partial charge in [-0.3, -0.25) is 29.0 Å². The van der Waals surface area contributed by atoms with E-state index >= 15 is 0 Å². The molecule has 3 fully saturated rings. The molecular formula is C34H43NO16. The van der Waals surface area contributed by atoms with E-state index in [1.54, 1.807) is 6.07 Å². The van der Waals surface area contributed by atoms with Crippen LogP contribution < -0.4 is 0 Å². The monoisotopic (exact) mass is 721 g/mol. The number of fused-ring (bicyclic) bond motifs is 5. The van der Waals surface area contributed by atoms with Gasteiger partial charge in [0.15, 0.2) is 18.3 Å². The standard InChI is InChI=1S/C34H43NO16/c1-15-8-9-20-10-11-35-12-21(20)30(43)46-13-31(6)22-23(40)26(48-18(4)38)33(14-45-16(2)36)28(49-19(5)39)24(47-17(3)37)27(50-29(15)42)32(7,44)34(33,51-31)25(22)41/h10-12,15,22-28,40-41,44H,8-9,13-14H2,1-7H3/t15?,22-,23+,24+,25-,26-,27+,28+,31+,32+,33-,34+/m1/s1. The molecule has 1 aromatic rings. The summed E-state index contributed by atoms with van der Waals surface area (Å²) in [5, 5.41) is 37.6. The summed E-state index contributed by atoms with van der Waals surface area (Å²) >= 11 is 0. The highest BCUT2D eigenvalue weighted by Crippen LogP contribution is 2.69. The number of ether oxygens (including phenoxy) is 7. The highest BCUT2D eigenvalue weighted by Gasteiger charge is 2.90. The fraction of sp³-hybridized carbons (Fsp3) is 0.676. The van der Waals surface area contributed by atoms with Crippen LogP contribution in [0.4, 0.5) is 0 Å². The Labute approximate surface area is 292 Å². The second-order valence-electron chi connectivity index (χ2n) is 14.1. The number of hydrogen-bond acceptors (Lipinski definition) is 17. The van der Waals surface area contributed by atoms with Crippen molar-refractivity contribution in [3.05, 3.63) is 29.6 Å². The molecule has 4 aliphatic rings. The van der Waals surface area contributed by atoms with E-state index in [0.717, 1.165) is 34.6 Å². The van der Waals surface area contributed by atoms with Crippen molar-refractivity contribution in [1.82, 2.24) is 4.98 Å². The van der Waals surface area contributed by atoms with Gasteiger partial charge >= 0.3 is 35.8 Å². The molecule has 1 saturated heterocycles. The Bertz CT molecular complexity index is 1610. The van der Waals surface area contributed by atoms with Crippen LogP contribution in [-0.2, 0) is 63.6 Å². The van der Waals surface area contributed by atoms with Gasteiger partial charge in [-0.2, -0.15) is 0 Å². The van der Waals surface area contributed by atoms with Crippen LogP contribution in [0, 0.1) is 17.3 Å². The van der Waals surface area contributed by atoms with Gasteiger partial charge in [0, 0.05) is 46.0 Å². The minimum Gasteiger partial charge on any atom is -0.465 e. The first-order valence-corrected chi connectivity index (χ1v) is 16.5. The van der Waals surface area contributed by atoms with Gasteiger partial charge in [0.1, 0.15) is 47.6 Å². The predicted octanol–water partition coefficient (Wildman–Crippen LogP) is -0.279. The summed E-state index contributed by atoms with van der Waals surface area (Å²) in [5.41, 5.74) is -9.32. The van der Waals surface area contributed by atoms with E-state index in [4.69, 9.17) is 33.2 Å². The second-order valence-corrected chi connectivity index (χ2v) is 14.1. The molecule has 3 heterocycles. The summed E-state index contributed by atoms with van der Waals surface area (Å²) < 4.78 is 41.1. The fourth-order valence-electron chi connectivity index (χ4n) is 8.60. The molecule has 2 aliphatic heterocycles. The van der Waals surface area contributed by atoms with Crippen LogP contribution in [0.3, 0.4) is 0 Å². The third-order valence-electron chi connectivity index (χ3n) is 10.7. The number of pyridine rings is 1. The molecule has 5 rings (SSSR count). The summed E-state index contributed by atoms with van der Waals surface area (Å²) in [7, 11) is 0. The van der Waals surface area contributed by atoms with Crippen molar-refractivity contribution in [3.63, 3.8) is 0 Å². The first-order valence-electron chi connectivity index (χ1n) is 16.5. The third kappa shape index (κ3) is 5.93. The molecule has 280 valence electrons. The molecule has 12 atom stereocenters. The summed E-state index contributed by atoms with van der Waals surface area (Å²) in [5.74, 6) is -8.22. The zero-order chi connectivity index (χ0) is 37.8. The molecule has 2 saturated carbocycles. The van der Waals surface area contributed by atoms with E-state index in [2.05, 4.69) is 4.98 Å². The topological polar surface area (TPSA) is 241 Å². The number of aliphatic hydroxyl groups excluding tert-OH is 2. The average molecular weight is 722 g/mol. The lowest BCUT2D eigenvalue weighted by molar-refractivity contribution is -0.386. The first kappa shape index (κ1) is 38.1. The number of esters is 6. The molecule has 1 aromatic heterocycles. The molecular weight excluding hydrogens is 678 g/mol. The lowest BCUT2D eigenvalue weighted by Crippen LogP contribution is -2.88. The first-order chi connectivity index (χ1) is 23.7. The van der Waals surface area contributed by atoms with Crippen molar-refractivity contribution >= 4 is 35.8 Å². The zero-order valence-electron chi connectivity index (χ0n) is 29.3. The number of aryl methyl sites for hydroxylation is 1. The lowest BCUT2D eigenvalue weighted by Gasteiger charge is -2.67. The molecule has 1 unspecified atom stereocenters. The summed E-state index contributed by atoms with van der Waals surface area (Å²) in [6, 6.07) is 1.57. The van der Waals surface area contributed by atoms with Gasteiger partial charge in [-0.25, -0.2) is 4.79 Å². The molecule has 51 heavy (non-hydrogen) atoms. The predicted molar refractivity (Wildman–Crippen MR) is 166 cm³/mol. The van der Waals surface area contributed by atoms with Crippen LogP contribution in [0.2, 0.25) is 0 Å². The van der Waals surface area contributed by atoms with Gasteiger partial charge in [-0.1, -0.05) is 6.92 Å². The molecule has 17 heteroatoms. The maximum Gasteiger partial charge on any atom is 0.340 e. The van der Waals surface area contributed by atoms with E-state index in [-0.39, 0.29) is 18.4 Å². The van der Waals surface area contributed by atoms with Crippen molar-refractivity contribution in [2.45, 2.75) is 115 Å². The van der Waals surface area contributed by atoms with Crippen molar-refractivity contribution < 1.29 is 77.2 Å². The number of carbonyl (C=O) groups excluding carboxylic acids is 6. The van der Waals surface area contributed by atoms with E-state index < -0.39 is 120 Å². The van der Waals surface area contributed by atoms with Crippen LogP contribution in [0.25, 0.3) is 0 Å². The lowest BCUT2D eigenvalue weighted by atomic mass is 9.45. The minimum atomic E-state index is -2.72. The molecule has 3 N–H and O–H groups in total. The number of rotatable bonds is 5. The molecule has 0 radical (unpaired) electrons. The van der Waals surface area contributed by atoms with Gasteiger partial charge in [0.05, 0.1) is 17.6 Å². The number of hydrogen-bond donors (Lipinski definition) is 3. The second kappa shape index (κ2) is 13.4. The van der Waals surface area contributed by atoms with Gasteiger partial charge in [0.25, 0.3) is 0 Å². The van der Waals surface area contributed by atoms with Crippen LogP contribution in [0.1, 0.15) is 70.8 Å².